The molecule has 3 N–H and O–H groups in total. The van der Waals surface area contributed by atoms with Gasteiger partial charge in [0.2, 0.25) is 5.91 Å². The van der Waals surface area contributed by atoms with Crippen LogP contribution in [0.1, 0.15) is 84.5 Å². The Bertz CT molecular complexity index is 252. The van der Waals surface area contributed by atoms with Gasteiger partial charge >= 0.3 is 0 Å². The molecule has 0 aliphatic rings. The molecule has 4 nitrogen and oxygen atoms in total. The molecule has 0 bridgehead atoms. The topological polar surface area (TPSA) is 69.6 Å². The summed E-state index contributed by atoms with van der Waals surface area (Å²) in [6.07, 6.45) is 13.1. The van der Waals surface area contributed by atoms with Gasteiger partial charge in [0, 0.05) is 6.92 Å². The minimum absolute atomic E-state index is 0.204. The van der Waals surface area contributed by atoms with Crippen LogP contribution < -0.4 is 5.32 Å². The van der Waals surface area contributed by atoms with Crippen LogP contribution in [-0.4, -0.2) is 34.9 Å². The van der Waals surface area contributed by atoms with E-state index in [-0.39, 0.29) is 19.1 Å². The van der Waals surface area contributed by atoms with Crippen LogP contribution in [0.5, 0.6) is 0 Å². The Balaban J connectivity index is 3.61. The van der Waals surface area contributed by atoms with Gasteiger partial charge in [-0.1, -0.05) is 71.1 Å². The van der Waals surface area contributed by atoms with E-state index in [4.69, 9.17) is 0 Å². The van der Waals surface area contributed by atoms with Crippen LogP contribution in [0.4, 0.5) is 0 Å². The van der Waals surface area contributed by atoms with Crippen LogP contribution in [0.15, 0.2) is 0 Å². The maximum atomic E-state index is 11.1. The van der Waals surface area contributed by atoms with Gasteiger partial charge in [0.1, 0.15) is 0 Å². The molecule has 4 heteroatoms. The highest BCUT2D eigenvalue weighted by Crippen LogP contribution is 2.16. The number of nitrogens with one attached hydrogen (secondary N) is 1. The van der Waals surface area contributed by atoms with Crippen molar-refractivity contribution in [2.45, 2.75) is 90.0 Å². The first-order chi connectivity index (χ1) is 10.1. The number of carbonyl (C=O) groups excluding carboxylic acids is 1. The van der Waals surface area contributed by atoms with E-state index < -0.39 is 5.54 Å². The van der Waals surface area contributed by atoms with E-state index in [1.807, 2.05) is 0 Å². The molecule has 0 aromatic carbocycles. The van der Waals surface area contributed by atoms with Gasteiger partial charge in [-0.05, 0) is 6.42 Å². The zero-order chi connectivity index (χ0) is 16.0. The molecule has 0 rings (SSSR count). The second-order valence-electron chi connectivity index (χ2n) is 6.21. The molecule has 0 spiro atoms. The van der Waals surface area contributed by atoms with Gasteiger partial charge in [-0.15, -0.1) is 0 Å². The fourth-order valence-electron chi connectivity index (χ4n) is 2.67. The number of aliphatic hydroxyl groups excluding tert-OH is 2. The summed E-state index contributed by atoms with van der Waals surface area (Å²) in [5, 5.41) is 21.5. The van der Waals surface area contributed by atoms with E-state index in [0.29, 0.717) is 6.42 Å². The standard InChI is InChI=1S/C17H35NO3/c1-3-4-5-6-7-8-9-10-11-12-13-17(14-19,15-20)18-16(2)21/h19-20H,3-15H2,1-2H3,(H,18,21). The molecule has 0 aromatic rings. The molecule has 0 aliphatic carbocycles. The van der Waals surface area contributed by atoms with Gasteiger partial charge in [0.15, 0.2) is 0 Å². The lowest BCUT2D eigenvalue weighted by Crippen LogP contribution is -2.53. The number of carbonyl (C=O) groups is 1. The highest BCUT2D eigenvalue weighted by molar-refractivity contribution is 5.73. The molecule has 0 aliphatic heterocycles. The minimum Gasteiger partial charge on any atom is -0.394 e. The number of rotatable bonds is 14. The molecule has 0 saturated heterocycles. The summed E-state index contributed by atoms with van der Waals surface area (Å²) in [5.41, 5.74) is -0.841. The van der Waals surface area contributed by atoms with Gasteiger partial charge in [-0.25, -0.2) is 0 Å². The van der Waals surface area contributed by atoms with Gasteiger partial charge in [-0.2, -0.15) is 0 Å². The Morgan fingerprint density at radius 1 is 0.857 bits per heavy atom. The van der Waals surface area contributed by atoms with Crippen molar-refractivity contribution in [2.75, 3.05) is 13.2 Å². The third kappa shape index (κ3) is 10.7. The number of aliphatic hydroxyl groups is 2. The molecule has 0 fully saturated rings. The van der Waals surface area contributed by atoms with Crippen molar-refractivity contribution in [1.82, 2.24) is 5.32 Å². The molecule has 0 radical (unpaired) electrons. The molecule has 0 atom stereocenters. The molecule has 0 unspecified atom stereocenters. The Hall–Kier alpha value is -0.610. The van der Waals surface area contributed by atoms with E-state index in [0.717, 1.165) is 12.8 Å². The third-order valence-electron chi connectivity index (χ3n) is 4.06. The number of hydrogen-bond donors (Lipinski definition) is 3. The van der Waals surface area contributed by atoms with E-state index in [1.54, 1.807) is 0 Å². The van der Waals surface area contributed by atoms with Crippen LogP contribution in [0.25, 0.3) is 0 Å². The van der Waals surface area contributed by atoms with Crippen LogP contribution in [0.3, 0.4) is 0 Å². The maximum Gasteiger partial charge on any atom is 0.217 e. The first kappa shape index (κ1) is 20.4. The van der Waals surface area contributed by atoms with E-state index in [1.165, 1.54) is 58.3 Å². The normalized spacial score (nSPS) is 11.6. The lowest BCUT2D eigenvalue weighted by atomic mass is 9.93. The predicted octanol–water partition coefficient (Wildman–Crippen LogP) is 3.16. The quantitative estimate of drug-likeness (QED) is 0.432. The predicted molar refractivity (Wildman–Crippen MR) is 87.2 cm³/mol. The average molecular weight is 301 g/mol. The fraction of sp³-hybridized carbons (Fsp3) is 0.941. The van der Waals surface area contributed by atoms with E-state index in [2.05, 4.69) is 12.2 Å². The second kappa shape index (κ2) is 13.1. The first-order valence-electron chi connectivity index (χ1n) is 8.60. The third-order valence-corrected chi connectivity index (χ3v) is 4.06. The number of hydrogen-bond acceptors (Lipinski definition) is 3. The first-order valence-corrected chi connectivity index (χ1v) is 8.60. The van der Waals surface area contributed by atoms with Crippen molar-refractivity contribution >= 4 is 5.91 Å². The van der Waals surface area contributed by atoms with Crippen molar-refractivity contribution in [3.8, 4) is 0 Å². The van der Waals surface area contributed by atoms with Crippen LogP contribution in [0, 0.1) is 0 Å². The molecule has 1 amide bonds. The number of unbranched alkanes of at least 4 members (excludes halogenated alkanes) is 9. The summed E-state index contributed by atoms with van der Waals surface area (Å²) in [4.78, 5) is 11.1. The zero-order valence-electron chi connectivity index (χ0n) is 14.0. The largest absolute Gasteiger partial charge is 0.394 e. The summed E-state index contributed by atoms with van der Waals surface area (Å²) in [6, 6.07) is 0. The molecule has 0 aromatic heterocycles. The monoisotopic (exact) mass is 301 g/mol. The lowest BCUT2D eigenvalue weighted by molar-refractivity contribution is -0.122. The van der Waals surface area contributed by atoms with Crippen LogP contribution in [-0.2, 0) is 4.79 Å². The average Bonchev–Trinajstić information content (AvgIpc) is 2.47. The Morgan fingerprint density at radius 3 is 1.67 bits per heavy atom. The Labute approximate surface area is 130 Å². The van der Waals surface area contributed by atoms with Crippen molar-refractivity contribution in [1.29, 1.82) is 0 Å². The van der Waals surface area contributed by atoms with Crippen LogP contribution in [0.2, 0.25) is 0 Å². The summed E-state index contributed by atoms with van der Waals surface area (Å²) in [6.45, 7) is 3.24. The van der Waals surface area contributed by atoms with Crippen molar-refractivity contribution in [3.05, 3.63) is 0 Å². The minimum atomic E-state index is -0.841. The van der Waals surface area contributed by atoms with Gasteiger partial charge in [0.25, 0.3) is 0 Å². The van der Waals surface area contributed by atoms with E-state index in [9.17, 15) is 15.0 Å². The fourth-order valence-corrected chi connectivity index (χ4v) is 2.67. The SMILES string of the molecule is CCCCCCCCCCCCC(CO)(CO)NC(C)=O. The Morgan fingerprint density at radius 2 is 1.29 bits per heavy atom. The number of amides is 1. The van der Waals surface area contributed by atoms with Gasteiger partial charge in [-0.3, -0.25) is 4.79 Å². The van der Waals surface area contributed by atoms with Crippen LogP contribution >= 0.6 is 0 Å². The zero-order valence-corrected chi connectivity index (χ0v) is 14.0. The smallest absolute Gasteiger partial charge is 0.217 e. The summed E-state index contributed by atoms with van der Waals surface area (Å²) >= 11 is 0. The molecule has 126 valence electrons. The van der Waals surface area contributed by atoms with Gasteiger partial charge in [0.05, 0.1) is 18.8 Å². The molecule has 21 heavy (non-hydrogen) atoms. The van der Waals surface area contributed by atoms with Crippen molar-refractivity contribution < 1.29 is 15.0 Å². The van der Waals surface area contributed by atoms with E-state index >= 15 is 0 Å². The van der Waals surface area contributed by atoms with Crippen molar-refractivity contribution in [2.24, 2.45) is 0 Å². The molecular formula is C17H35NO3. The Kier molecular flexibility index (Phi) is 12.7. The molecular weight excluding hydrogens is 266 g/mol. The summed E-state index contributed by atoms with van der Waals surface area (Å²) in [7, 11) is 0. The van der Waals surface area contributed by atoms with Crippen molar-refractivity contribution in [3.63, 3.8) is 0 Å². The second-order valence-corrected chi connectivity index (χ2v) is 6.21. The summed E-state index contributed by atoms with van der Waals surface area (Å²) in [5.74, 6) is -0.204. The highest BCUT2D eigenvalue weighted by Gasteiger charge is 2.28. The maximum absolute atomic E-state index is 11.1. The van der Waals surface area contributed by atoms with Gasteiger partial charge < -0.3 is 15.5 Å². The molecule has 0 heterocycles. The molecule has 0 saturated carbocycles. The highest BCUT2D eigenvalue weighted by atomic mass is 16.3. The lowest BCUT2D eigenvalue weighted by Gasteiger charge is -2.30. The summed E-state index contributed by atoms with van der Waals surface area (Å²) < 4.78 is 0.